The molecule has 3 heteroatoms. The molecule has 0 saturated heterocycles. The molecule has 0 aromatic heterocycles. The van der Waals surface area contributed by atoms with Crippen molar-refractivity contribution in [3.05, 3.63) is 0 Å². The summed E-state index contributed by atoms with van der Waals surface area (Å²) in [6, 6.07) is 0. The molecule has 0 aliphatic heterocycles. The molecule has 0 amide bonds. The smallest absolute Gasteiger partial charge is 0.0543 e. The van der Waals surface area contributed by atoms with Gasteiger partial charge in [-0.05, 0) is 25.2 Å². The van der Waals surface area contributed by atoms with Gasteiger partial charge < -0.3 is 5.11 Å². The van der Waals surface area contributed by atoms with Gasteiger partial charge in [-0.1, -0.05) is 15.9 Å². The summed E-state index contributed by atoms with van der Waals surface area (Å²) in [6.45, 7) is 0. The van der Waals surface area contributed by atoms with Crippen molar-refractivity contribution in [2.24, 2.45) is 5.92 Å². The summed E-state index contributed by atoms with van der Waals surface area (Å²) < 4.78 is 0. The van der Waals surface area contributed by atoms with Crippen LogP contribution in [-0.2, 0) is 0 Å². The molecule has 0 spiro atoms. The maximum absolute atomic E-state index is 9.01. The zero-order chi connectivity index (χ0) is 5.98. The van der Waals surface area contributed by atoms with Crippen LogP contribution in [-0.4, -0.2) is 16.5 Å². The number of hydrogen-bond donors (Lipinski definition) is 1. The van der Waals surface area contributed by atoms with Crippen molar-refractivity contribution in [2.75, 3.05) is 5.33 Å². The topological polar surface area (TPSA) is 20.2 Å². The van der Waals surface area contributed by atoms with E-state index in [-0.39, 0.29) is 50.2 Å². The predicted molar refractivity (Wildman–Crippen MR) is 37.1 cm³/mol. The molecule has 0 aromatic rings. The quantitative estimate of drug-likeness (QED) is 0.656. The van der Waals surface area contributed by atoms with Gasteiger partial charge in [0.25, 0.3) is 0 Å². The van der Waals surface area contributed by atoms with Gasteiger partial charge in [-0.3, -0.25) is 0 Å². The van der Waals surface area contributed by atoms with Crippen LogP contribution in [0.3, 0.4) is 0 Å². The van der Waals surface area contributed by atoms with Crippen molar-refractivity contribution in [2.45, 2.75) is 25.4 Å². The second-order valence-corrected chi connectivity index (χ2v) is 3.13. The van der Waals surface area contributed by atoms with Crippen LogP contribution in [0.25, 0.3) is 0 Å². The standard InChI is InChI=1S/C6H11BrO.Ac/c7-4-5-1-2-6(8)3-5;/h5-6,8H,1-4H2;/t5-,6?;/m0./s1. The number of halogens is 1. The van der Waals surface area contributed by atoms with E-state index in [1.807, 2.05) is 0 Å². The average molecular weight is 406 g/mol. The Morgan fingerprint density at radius 3 is 2.33 bits per heavy atom. The number of rotatable bonds is 1. The summed E-state index contributed by atoms with van der Waals surface area (Å²) in [5.74, 6) is 0.741. The molecule has 0 bridgehead atoms. The maximum Gasteiger partial charge on any atom is 0.0543 e. The average Bonchev–Trinajstić information content (AvgIpc) is 2.14. The van der Waals surface area contributed by atoms with Crippen molar-refractivity contribution in [1.29, 1.82) is 0 Å². The number of alkyl halides is 1. The monoisotopic (exact) mass is 405 g/mol. The van der Waals surface area contributed by atoms with Crippen LogP contribution in [0.1, 0.15) is 19.3 Å². The molecular formula is C6H11AcBrO. The molecule has 1 nitrogen and oxygen atoms in total. The summed E-state index contributed by atoms with van der Waals surface area (Å²) in [4.78, 5) is 0. The molecule has 1 radical (unpaired) electrons. The molecule has 1 aliphatic carbocycles. The van der Waals surface area contributed by atoms with Gasteiger partial charge >= 0.3 is 0 Å². The van der Waals surface area contributed by atoms with Crippen molar-refractivity contribution < 1.29 is 49.2 Å². The molecule has 1 rings (SSSR count). The maximum atomic E-state index is 9.01. The van der Waals surface area contributed by atoms with E-state index in [0.717, 1.165) is 24.1 Å². The third kappa shape index (κ3) is 3.70. The van der Waals surface area contributed by atoms with Gasteiger partial charge in [0.15, 0.2) is 0 Å². The van der Waals surface area contributed by atoms with E-state index < -0.39 is 0 Å². The van der Waals surface area contributed by atoms with Crippen molar-refractivity contribution in [3.8, 4) is 0 Å². The Bertz CT molecular complexity index is 79.5. The zero-order valence-corrected chi connectivity index (χ0v) is 11.7. The van der Waals surface area contributed by atoms with E-state index in [4.69, 9.17) is 5.11 Å². The van der Waals surface area contributed by atoms with Crippen LogP contribution >= 0.6 is 15.9 Å². The second-order valence-electron chi connectivity index (χ2n) is 2.49. The van der Waals surface area contributed by atoms with E-state index in [1.165, 1.54) is 6.42 Å². The van der Waals surface area contributed by atoms with Gasteiger partial charge in [-0.2, -0.15) is 0 Å². The summed E-state index contributed by atoms with van der Waals surface area (Å²) in [7, 11) is 0. The Kier molecular flexibility index (Phi) is 6.68. The van der Waals surface area contributed by atoms with E-state index >= 15 is 0 Å². The molecule has 51 valence electrons. The van der Waals surface area contributed by atoms with Gasteiger partial charge in [0.2, 0.25) is 0 Å². The van der Waals surface area contributed by atoms with Gasteiger partial charge in [-0.25, -0.2) is 0 Å². The Hall–Kier alpha value is 1.88. The summed E-state index contributed by atoms with van der Waals surface area (Å²) in [6.07, 6.45) is 3.21. The van der Waals surface area contributed by atoms with Crippen LogP contribution in [0.15, 0.2) is 0 Å². The molecule has 1 unspecified atom stereocenters. The first kappa shape index (κ1) is 10.9. The first-order valence-electron chi connectivity index (χ1n) is 3.07. The number of aliphatic hydroxyl groups excluding tert-OH is 1. The zero-order valence-electron chi connectivity index (χ0n) is 5.39. The molecule has 9 heavy (non-hydrogen) atoms. The first-order valence-corrected chi connectivity index (χ1v) is 4.19. The molecule has 1 aliphatic rings. The molecule has 0 heterocycles. The minimum Gasteiger partial charge on any atom is -0.393 e. The Labute approximate surface area is 100 Å². The van der Waals surface area contributed by atoms with Gasteiger partial charge in [0.1, 0.15) is 0 Å². The van der Waals surface area contributed by atoms with Crippen molar-refractivity contribution >= 4 is 15.9 Å². The Balaban J connectivity index is 0.000000640. The predicted octanol–water partition coefficient (Wildman–Crippen LogP) is 1.54. The normalized spacial score (nSPS) is 34.0. The van der Waals surface area contributed by atoms with Crippen molar-refractivity contribution in [3.63, 3.8) is 0 Å². The van der Waals surface area contributed by atoms with E-state index in [1.54, 1.807) is 0 Å². The summed E-state index contributed by atoms with van der Waals surface area (Å²) in [5.41, 5.74) is 0. The number of hydrogen-bond acceptors (Lipinski definition) is 1. The Morgan fingerprint density at radius 2 is 2.11 bits per heavy atom. The largest absolute Gasteiger partial charge is 0.393 e. The van der Waals surface area contributed by atoms with Gasteiger partial charge in [0.05, 0.1) is 6.10 Å². The van der Waals surface area contributed by atoms with E-state index in [9.17, 15) is 0 Å². The van der Waals surface area contributed by atoms with Gasteiger partial charge in [0, 0.05) is 49.4 Å². The van der Waals surface area contributed by atoms with Crippen LogP contribution in [0, 0.1) is 50.0 Å². The molecule has 0 aromatic carbocycles. The number of aliphatic hydroxyl groups is 1. The van der Waals surface area contributed by atoms with Crippen LogP contribution < -0.4 is 0 Å². The summed E-state index contributed by atoms with van der Waals surface area (Å²) in [5, 5.41) is 10.1. The minimum absolute atomic E-state index is 0. The summed E-state index contributed by atoms with van der Waals surface area (Å²) >= 11 is 3.39. The molecule has 2 atom stereocenters. The SMILES string of the molecule is OC1CC[C@H](CBr)C1.[Ac]. The molecular weight excluding hydrogens is 395 g/mol. The minimum atomic E-state index is -0.00227. The first-order chi connectivity index (χ1) is 3.83. The van der Waals surface area contributed by atoms with Crippen LogP contribution in [0.4, 0.5) is 0 Å². The fourth-order valence-electron chi connectivity index (χ4n) is 1.19. The molecule has 1 fully saturated rings. The van der Waals surface area contributed by atoms with Crippen molar-refractivity contribution in [1.82, 2.24) is 0 Å². The second kappa shape index (κ2) is 5.52. The Morgan fingerprint density at radius 1 is 1.44 bits per heavy atom. The van der Waals surface area contributed by atoms with E-state index in [2.05, 4.69) is 15.9 Å². The van der Waals surface area contributed by atoms with Crippen LogP contribution in [0.5, 0.6) is 0 Å². The van der Waals surface area contributed by atoms with Gasteiger partial charge in [-0.15, -0.1) is 0 Å². The van der Waals surface area contributed by atoms with E-state index in [0.29, 0.717) is 0 Å². The molecule has 1 saturated carbocycles. The third-order valence-corrected chi connectivity index (χ3v) is 2.65. The third-order valence-electron chi connectivity index (χ3n) is 1.73. The van der Waals surface area contributed by atoms with Crippen LogP contribution in [0.2, 0.25) is 0 Å². The fraction of sp³-hybridized carbons (Fsp3) is 1.00. The molecule has 1 N–H and O–H groups in total. The fourth-order valence-corrected chi connectivity index (χ4v) is 1.78.